The number of benzene rings is 2. The van der Waals surface area contributed by atoms with Gasteiger partial charge in [-0.1, -0.05) is 59.7 Å². The van der Waals surface area contributed by atoms with Crippen molar-refractivity contribution in [2.24, 2.45) is 28.1 Å². The molecule has 0 aromatic heterocycles. The second kappa shape index (κ2) is 20.9. The minimum atomic E-state index is -1.50. The molecule has 1 aliphatic heterocycles. The first-order valence-electron chi connectivity index (χ1n) is 16.9. The van der Waals surface area contributed by atoms with Crippen LogP contribution < -0.4 is 43.8 Å². The van der Waals surface area contributed by atoms with Crippen molar-refractivity contribution in [3.05, 3.63) is 59.7 Å². The summed E-state index contributed by atoms with van der Waals surface area (Å²) in [6.07, 6.45) is 0.274. The van der Waals surface area contributed by atoms with Crippen LogP contribution in [0.3, 0.4) is 0 Å². The molecule has 2 aromatic carbocycles. The number of rotatable bonds is 9. The first-order valence-corrected chi connectivity index (χ1v) is 19.4. The van der Waals surface area contributed by atoms with Crippen LogP contribution in [0.25, 0.3) is 0 Å². The number of aliphatic carboxylic acids is 1. The number of carboxylic acids is 1. The van der Waals surface area contributed by atoms with Crippen LogP contribution in [0.4, 0.5) is 0 Å². The molecule has 0 aliphatic carbocycles. The second-order valence-corrected chi connectivity index (χ2v) is 15.4. The van der Waals surface area contributed by atoms with Crippen molar-refractivity contribution < 1.29 is 44.1 Å². The summed E-state index contributed by atoms with van der Waals surface area (Å²) in [6.45, 7) is 3.74. The van der Waals surface area contributed by atoms with Gasteiger partial charge in [0, 0.05) is 18.1 Å². The molecule has 1 fully saturated rings. The van der Waals surface area contributed by atoms with Crippen molar-refractivity contribution in [3.63, 3.8) is 0 Å². The van der Waals surface area contributed by atoms with Gasteiger partial charge in [-0.25, -0.2) is 4.79 Å². The van der Waals surface area contributed by atoms with E-state index in [-0.39, 0.29) is 71.8 Å². The van der Waals surface area contributed by atoms with E-state index in [1.54, 1.807) is 0 Å². The number of nitrogens with one attached hydrogen (secondary N) is 5. The number of guanidine groups is 1. The van der Waals surface area contributed by atoms with Gasteiger partial charge >= 0.3 is 5.97 Å². The maximum Gasteiger partial charge on any atom is 0.327 e. The van der Waals surface area contributed by atoms with Gasteiger partial charge in [0.1, 0.15) is 41.7 Å². The SMILES string of the molecule is CC(C)C[C@H]1NC(=O)[C@@H](N)CSSC[C@@H](C(=O)O)NC(=O)[C@H](c2ccc(O)cc2)NC(=O)[C@H](CCCN=C(N)N)NC(=O)[C@H](c2ccc(O)cc2)NC1=O. The molecule has 20 heteroatoms. The predicted octanol–water partition coefficient (Wildman–Crippen LogP) is -0.526. The zero-order chi connectivity index (χ0) is 39.9. The molecule has 0 spiro atoms. The molecular weight excluding hydrogens is 743 g/mol. The topological polar surface area (TPSA) is 314 Å². The van der Waals surface area contributed by atoms with Gasteiger partial charge in [-0.05, 0) is 60.6 Å². The molecule has 14 N–H and O–H groups in total. The fourth-order valence-electron chi connectivity index (χ4n) is 5.17. The van der Waals surface area contributed by atoms with Crippen molar-refractivity contribution in [2.45, 2.75) is 69.4 Å². The second-order valence-electron chi connectivity index (χ2n) is 12.8. The third kappa shape index (κ3) is 13.6. The monoisotopic (exact) mass is 789 g/mol. The van der Waals surface area contributed by atoms with Gasteiger partial charge in [0.2, 0.25) is 29.5 Å². The number of nitrogens with zero attached hydrogens (tertiary/aromatic N) is 1. The van der Waals surface area contributed by atoms with Crippen molar-refractivity contribution in [2.75, 3.05) is 18.1 Å². The lowest BCUT2D eigenvalue weighted by atomic mass is 10.00. The summed E-state index contributed by atoms with van der Waals surface area (Å²) in [5.41, 5.74) is 17.4. The van der Waals surface area contributed by atoms with E-state index in [9.17, 15) is 44.1 Å². The third-order valence-electron chi connectivity index (χ3n) is 7.99. The van der Waals surface area contributed by atoms with Crippen molar-refractivity contribution >= 4 is 63.1 Å². The van der Waals surface area contributed by atoms with E-state index in [1.807, 2.05) is 13.8 Å². The molecule has 5 amide bonds. The zero-order valence-corrected chi connectivity index (χ0v) is 31.3. The predicted molar refractivity (Wildman–Crippen MR) is 204 cm³/mol. The van der Waals surface area contributed by atoms with E-state index >= 15 is 0 Å². The highest BCUT2D eigenvalue weighted by molar-refractivity contribution is 8.76. The summed E-state index contributed by atoms with van der Waals surface area (Å²) in [5, 5.41) is 42.7. The van der Waals surface area contributed by atoms with Crippen LogP contribution in [-0.2, 0) is 28.8 Å². The summed E-state index contributed by atoms with van der Waals surface area (Å²) < 4.78 is 0. The highest BCUT2D eigenvalue weighted by Crippen LogP contribution is 2.25. The third-order valence-corrected chi connectivity index (χ3v) is 10.4. The standard InChI is InChI=1S/C34H47N9O9S2/c1-17(2)14-24-30(48)43-26(18-5-9-20(44)10-6-18)31(49)39-23(4-3-13-38-34(36)37)29(47)42-27(19-7-11-21(45)12-8-19)32(50)41-25(33(51)52)16-54-53-15-22(35)28(46)40-24/h5-12,17,22-27,44-45H,3-4,13-16,35H2,1-2H3,(H,39,49)(H,40,46)(H,41,50)(H,42,47)(H,43,48)(H,51,52)(H4,36,37,38)/t22-,23-,24+,25-,26-,27-/m0/s1. The molecule has 18 nitrogen and oxygen atoms in total. The number of amides is 5. The number of hydrogen-bond acceptors (Lipinski definition) is 12. The normalized spacial score (nSPS) is 23.9. The number of carboxylic acid groups (broad SMARTS) is 1. The van der Waals surface area contributed by atoms with Crippen LogP contribution >= 0.6 is 21.6 Å². The zero-order valence-electron chi connectivity index (χ0n) is 29.7. The van der Waals surface area contributed by atoms with Crippen LogP contribution in [-0.4, -0.2) is 99.0 Å². The lowest BCUT2D eigenvalue weighted by Crippen LogP contribution is -2.56. The molecular formula is C34H47N9O9S2. The van der Waals surface area contributed by atoms with Gasteiger partial charge in [-0.2, -0.15) is 0 Å². The molecule has 0 unspecified atom stereocenters. The molecule has 294 valence electrons. The smallest absolute Gasteiger partial charge is 0.327 e. The average Bonchev–Trinajstić information content (AvgIpc) is 3.11. The minimum absolute atomic E-state index is 0.0160. The van der Waals surface area contributed by atoms with Gasteiger partial charge in [-0.15, -0.1) is 0 Å². The van der Waals surface area contributed by atoms with Crippen molar-refractivity contribution in [1.82, 2.24) is 26.6 Å². The van der Waals surface area contributed by atoms with Crippen LogP contribution in [0.2, 0.25) is 0 Å². The molecule has 2 aromatic rings. The Labute approximate surface area is 319 Å². The Kier molecular flexibility index (Phi) is 16.7. The fraction of sp³-hybridized carbons (Fsp3) is 0.441. The van der Waals surface area contributed by atoms with Gasteiger partial charge in [0.05, 0.1) is 6.04 Å². The van der Waals surface area contributed by atoms with Crippen LogP contribution in [0.1, 0.15) is 56.3 Å². The Morgan fingerprint density at radius 1 is 0.741 bits per heavy atom. The highest BCUT2D eigenvalue weighted by Gasteiger charge is 2.34. The Bertz CT molecular complexity index is 1660. The number of phenols is 2. The Morgan fingerprint density at radius 2 is 1.22 bits per heavy atom. The maximum atomic E-state index is 14.1. The van der Waals surface area contributed by atoms with Crippen LogP contribution in [0.15, 0.2) is 53.5 Å². The summed E-state index contributed by atoms with van der Waals surface area (Å²) in [5.74, 6) is -6.07. The van der Waals surface area contributed by atoms with Crippen LogP contribution in [0, 0.1) is 5.92 Å². The quantitative estimate of drug-likeness (QED) is 0.0659. The Balaban J connectivity index is 2.11. The molecule has 0 radical (unpaired) electrons. The summed E-state index contributed by atoms with van der Waals surface area (Å²) in [6, 6.07) is 2.69. The summed E-state index contributed by atoms with van der Waals surface area (Å²) >= 11 is 0. The number of phenolic OH excluding ortho intramolecular Hbond substituents is 2. The van der Waals surface area contributed by atoms with Crippen molar-refractivity contribution in [3.8, 4) is 11.5 Å². The van der Waals surface area contributed by atoms with Gasteiger partial charge in [0.15, 0.2) is 5.96 Å². The number of aromatic hydroxyl groups is 2. The molecule has 3 rings (SSSR count). The summed E-state index contributed by atoms with van der Waals surface area (Å²) in [4.78, 5) is 84.9. The first kappa shape index (κ1) is 43.2. The van der Waals surface area contributed by atoms with E-state index in [2.05, 4.69) is 31.6 Å². The van der Waals surface area contributed by atoms with Crippen molar-refractivity contribution in [1.29, 1.82) is 0 Å². The molecule has 54 heavy (non-hydrogen) atoms. The number of hydrogen-bond donors (Lipinski definition) is 11. The lowest BCUT2D eigenvalue weighted by molar-refractivity contribution is -0.141. The molecule has 6 atom stereocenters. The largest absolute Gasteiger partial charge is 0.508 e. The molecule has 1 saturated heterocycles. The highest BCUT2D eigenvalue weighted by atomic mass is 33.1. The maximum absolute atomic E-state index is 14.1. The number of nitrogens with two attached hydrogens (primary N) is 3. The van der Waals surface area contributed by atoms with E-state index in [0.717, 1.165) is 21.6 Å². The van der Waals surface area contributed by atoms with E-state index in [1.165, 1.54) is 48.5 Å². The first-order chi connectivity index (χ1) is 25.5. The Morgan fingerprint density at radius 3 is 1.72 bits per heavy atom. The molecule has 1 heterocycles. The fourth-order valence-corrected chi connectivity index (χ4v) is 7.45. The lowest BCUT2D eigenvalue weighted by Gasteiger charge is -2.28. The van der Waals surface area contributed by atoms with E-state index in [0.29, 0.717) is 0 Å². The van der Waals surface area contributed by atoms with Crippen LogP contribution in [0.5, 0.6) is 11.5 Å². The van der Waals surface area contributed by atoms with Gasteiger partial charge < -0.3 is 59.1 Å². The van der Waals surface area contributed by atoms with Gasteiger partial charge in [-0.3, -0.25) is 29.0 Å². The number of aliphatic imine (C=N–C) groups is 1. The molecule has 0 bridgehead atoms. The summed E-state index contributed by atoms with van der Waals surface area (Å²) in [7, 11) is 2.12. The number of carbonyl (C=O) groups is 6. The molecule has 0 saturated carbocycles. The minimum Gasteiger partial charge on any atom is -0.508 e. The van der Waals surface area contributed by atoms with E-state index in [4.69, 9.17) is 17.2 Å². The Hall–Kier alpha value is -5.21. The average molecular weight is 790 g/mol. The number of carbonyl (C=O) groups excluding carboxylic acids is 5. The van der Waals surface area contributed by atoms with E-state index < -0.39 is 71.8 Å². The molecule has 1 aliphatic rings. The van der Waals surface area contributed by atoms with Gasteiger partial charge in [0.25, 0.3) is 0 Å².